The van der Waals surface area contributed by atoms with Crippen molar-refractivity contribution in [2.45, 2.75) is 20.8 Å². The van der Waals surface area contributed by atoms with Crippen LogP contribution in [0.5, 0.6) is 0 Å². The highest BCUT2D eigenvalue weighted by Gasteiger charge is 2.09. The van der Waals surface area contributed by atoms with Crippen LogP contribution >= 0.6 is 0 Å². The first-order valence-corrected chi connectivity index (χ1v) is 7.10. The van der Waals surface area contributed by atoms with E-state index < -0.39 is 0 Å². The first kappa shape index (κ1) is 13.4. The smallest absolute Gasteiger partial charge is 0.212 e. The molecule has 0 aliphatic rings. The Kier molecular flexibility index (Phi) is 3.48. The van der Waals surface area contributed by atoms with Gasteiger partial charge in [-0.25, -0.2) is 4.98 Å². The molecule has 3 aromatic rings. The molecule has 0 saturated carbocycles. The number of anilines is 2. The maximum atomic E-state index is 4.60. The van der Waals surface area contributed by atoms with E-state index in [1.807, 2.05) is 31.3 Å². The maximum Gasteiger partial charge on any atom is 0.212 e. The average Bonchev–Trinajstić information content (AvgIpc) is 2.86. The Morgan fingerprint density at radius 3 is 2.43 bits per heavy atom. The minimum absolute atomic E-state index is 0.840. The first-order chi connectivity index (χ1) is 10.1. The number of aryl methyl sites for hydroxylation is 2. The molecule has 0 spiro atoms. The van der Waals surface area contributed by atoms with E-state index >= 15 is 0 Å². The lowest BCUT2D eigenvalue weighted by Crippen LogP contribution is -2.02. The molecule has 0 radical (unpaired) electrons. The van der Waals surface area contributed by atoms with Gasteiger partial charge in [-0.3, -0.25) is 4.57 Å². The summed E-state index contributed by atoms with van der Waals surface area (Å²) in [6.45, 7) is 6.25. The standard InChI is InChI=1S/C18H19N3/c1-13-8-7-11-17(15(13)3)20-18-19-14(2)12-21(18)16-9-5-4-6-10-16/h4-12H,1-3H3,(H,19,20). The molecule has 1 heterocycles. The summed E-state index contributed by atoms with van der Waals surface area (Å²) in [5.41, 5.74) is 5.71. The molecule has 2 aromatic carbocycles. The summed E-state index contributed by atoms with van der Waals surface area (Å²) < 4.78 is 2.08. The van der Waals surface area contributed by atoms with Crippen LogP contribution in [0, 0.1) is 20.8 Å². The quantitative estimate of drug-likeness (QED) is 0.761. The van der Waals surface area contributed by atoms with E-state index in [1.165, 1.54) is 11.1 Å². The van der Waals surface area contributed by atoms with Crippen molar-refractivity contribution in [3.05, 3.63) is 71.5 Å². The number of imidazole rings is 1. The minimum atomic E-state index is 0.840. The van der Waals surface area contributed by atoms with E-state index in [-0.39, 0.29) is 0 Å². The third kappa shape index (κ3) is 2.68. The molecular weight excluding hydrogens is 258 g/mol. The van der Waals surface area contributed by atoms with E-state index in [4.69, 9.17) is 0 Å². The van der Waals surface area contributed by atoms with E-state index in [1.54, 1.807) is 0 Å². The van der Waals surface area contributed by atoms with Crippen LogP contribution in [0.1, 0.15) is 16.8 Å². The summed E-state index contributed by atoms with van der Waals surface area (Å²) in [6, 6.07) is 16.5. The van der Waals surface area contributed by atoms with Crippen LogP contribution < -0.4 is 5.32 Å². The van der Waals surface area contributed by atoms with Gasteiger partial charge in [-0.1, -0.05) is 30.3 Å². The molecule has 0 unspecified atom stereocenters. The number of rotatable bonds is 3. The van der Waals surface area contributed by atoms with Crippen molar-refractivity contribution in [2.24, 2.45) is 0 Å². The second kappa shape index (κ2) is 5.44. The molecule has 0 fully saturated rings. The molecular formula is C18H19N3. The summed E-state index contributed by atoms with van der Waals surface area (Å²) in [7, 11) is 0. The number of para-hydroxylation sites is 1. The van der Waals surface area contributed by atoms with Crippen molar-refractivity contribution < 1.29 is 0 Å². The molecule has 0 saturated heterocycles. The number of aromatic nitrogens is 2. The van der Waals surface area contributed by atoms with Gasteiger partial charge in [-0.2, -0.15) is 0 Å². The van der Waals surface area contributed by atoms with Gasteiger partial charge in [0, 0.05) is 17.6 Å². The van der Waals surface area contributed by atoms with Crippen molar-refractivity contribution in [2.75, 3.05) is 5.32 Å². The van der Waals surface area contributed by atoms with E-state index in [2.05, 4.69) is 59.0 Å². The maximum absolute atomic E-state index is 4.60. The van der Waals surface area contributed by atoms with Crippen LogP contribution in [-0.4, -0.2) is 9.55 Å². The number of benzene rings is 2. The SMILES string of the molecule is Cc1cn(-c2ccccc2)c(Nc2cccc(C)c2C)n1. The van der Waals surface area contributed by atoms with Crippen molar-refractivity contribution in [1.29, 1.82) is 0 Å². The normalized spacial score (nSPS) is 10.6. The van der Waals surface area contributed by atoms with Gasteiger partial charge in [0.1, 0.15) is 0 Å². The molecule has 21 heavy (non-hydrogen) atoms. The Morgan fingerprint density at radius 2 is 1.67 bits per heavy atom. The predicted octanol–water partition coefficient (Wildman–Crippen LogP) is 4.54. The van der Waals surface area contributed by atoms with Gasteiger partial charge in [-0.05, 0) is 50.1 Å². The highest BCUT2D eigenvalue weighted by atomic mass is 15.2. The van der Waals surface area contributed by atoms with Crippen LogP contribution in [0.3, 0.4) is 0 Å². The zero-order chi connectivity index (χ0) is 14.8. The van der Waals surface area contributed by atoms with Crippen LogP contribution in [0.2, 0.25) is 0 Å². The fourth-order valence-corrected chi connectivity index (χ4v) is 2.38. The molecule has 1 aromatic heterocycles. The Balaban J connectivity index is 2.02. The molecule has 3 heteroatoms. The molecule has 0 bridgehead atoms. The summed E-state index contributed by atoms with van der Waals surface area (Å²) in [6.07, 6.45) is 2.04. The second-order valence-corrected chi connectivity index (χ2v) is 5.28. The monoisotopic (exact) mass is 277 g/mol. The lowest BCUT2D eigenvalue weighted by molar-refractivity contribution is 1.06. The topological polar surface area (TPSA) is 29.9 Å². The number of nitrogens with zero attached hydrogens (tertiary/aromatic N) is 2. The fraction of sp³-hybridized carbons (Fsp3) is 0.167. The van der Waals surface area contributed by atoms with Gasteiger partial charge < -0.3 is 5.32 Å². The van der Waals surface area contributed by atoms with Gasteiger partial charge in [0.15, 0.2) is 0 Å². The number of hydrogen-bond donors (Lipinski definition) is 1. The van der Waals surface area contributed by atoms with Gasteiger partial charge in [0.05, 0.1) is 5.69 Å². The Labute approximate surface area is 125 Å². The lowest BCUT2D eigenvalue weighted by atomic mass is 10.1. The molecule has 106 valence electrons. The summed E-state index contributed by atoms with van der Waals surface area (Å²) in [4.78, 5) is 4.60. The number of hydrogen-bond acceptors (Lipinski definition) is 2. The zero-order valence-electron chi connectivity index (χ0n) is 12.6. The van der Waals surface area contributed by atoms with E-state index in [9.17, 15) is 0 Å². The molecule has 0 aliphatic carbocycles. The van der Waals surface area contributed by atoms with E-state index in [0.29, 0.717) is 0 Å². The first-order valence-electron chi connectivity index (χ1n) is 7.10. The largest absolute Gasteiger partial charge is 0.325 e. The van der Waals surface area contributed by atoms with Crippen LogP contribution in [0.25, 0.3) is 5.69 Å². The predicted molar refractivity (Wildman–Crippen MR) is 87.5 cm³/mol. The molecule has 3 nitrogen and oxygen atoms in total. The molecule has 1 N–H and O–H groups in total. The van der Waals surface area contributed by atoms with Crippen molar-refractivity contribution in [1.82, 2.24) is 9.55 Å². The number of nitrogens with one attached hydrogen (secondary N) is 1. The van der Waals surface area contributed by atoms with Crippen LogP contribution in [-0.2, 0) is 0 Å². The molecule has 0 atom stereocenters. The van der Waals surface area contributed by atoms with E-state index in [0.717, 1.165) is 23.0 Å². The fourth-order valence-electron chi connectivity index (χ4n) is 2.38. The van der Waals surface area contributed by atoms with Crippen molar-refractivity contribution >= 4 is 11.6 Å². The highest BCUT2D eigenvalue weighted by molar-refractivity contribution is 5.62. The Morgan fingerprint density at radius 1 is 0.905 bits per heavy atom. The molecule has 0 amide bonds. The third-order valence-corrected chi connectivity index (χ3v) is 3.71. The van der Waals surface area contributed by atoms with Crippen molar-refractivity contribution in [3.8, 4) is 5.69 Å². The second-order valence-electron chi connectivity index (χ2n) is 5.28. The zero-order valence-corrected chi connectivity index (χ0v) is 12.6. The van der Waals surface area contributed by atoms with Crippen LogP contribution in [0.15, 0.2) is 54.7 Å². The average molecular weight is 277 g/mol. The highest BCUT2D eigenvalue weighted by Crippen LogP contribution is 2.24. The van der Waals surface area contributed by atoms with Gasteiger partial charge in [-0.15, -0.1) is 0 Å². The van der Waals surface area contributed by atoms with Gasteiger partial charge in [0.25, 0.3) is 0 Å². The van der Waals surface area contributed by atoms with Gasteiger partial charge >= 0.3 is 0 Å². The third-order valence-electron chi connectivity index (χ3n) is 3.71. The van der Waals surface area contributed by atoms with Gasteiger partial charge in [0.2, 0.25) is 5.95 Å². The molecule has 0 aliphatic heterocycles. The summed E-state index contributed by atoms with van der Waals surface area (Å²) in [5.74, 6) is 0.840. The Hall–Kier alpha value is -2.55. The molecule has 3 rings (SSSR count). The minimum Gasteiger partial charge on any atom is -0.325 e. The van der Waals surface area contributed by atoms with Crippen molar-refractivity contribution in [3.63, 3.8) is 0 Å². The summed E-state index contributed by atoms with van der Waals surface area (Å²) >= 11 is 0. The van der Waals surface area contributed by atoms with Crippen LogP contribution in [0.4, 0.5) is 11.6 Å². The summed E-state index contributed by atoms with van der Waals surface area (Å²) in [5, 5.41) is 3.45. The lowest BCUT2D eigenvalue weighted by Gasteiger charge is -2.13. The Bertz CT molecular complexity index is 757.